The number of anilines is 1. The first kappa shape index (κ1) is 13.8. The van der Waals surface area contributed by atoms with E-state index < -0.39 is 15.3 Å². The molecule has 17 heavy (non-hydrogen) atoms. The molecule has 0 saturated heterocycles. The summed E-state index contributed by atoms with van der Waals surface area (Å²) < 4.78 is 31.6. The Morgan fingerprint density at radius 1 is 1.12 bits per heavy atom. The molecule has 0 bridgehead atoms. The van der Waals surface area contributed by atoms with E-state index in [0.717, 1.165) is 0 Å². The van der Waals surface area contributed by atoms with Gasteiger partial charge in [0.2, 0.25) is 10.0 Å². The lowest BCUT2D eigenvalue weighted by Crippen LogP contribution is -2.23. The molecule has 0 aliphatic carbocycles. The maximum Gasteiger partial charge on any atom is 0.235 e. The summed E-state index contributed by atoms with van der Waals surface area (Å²) in [4.78, 5) is 0. The maximum atomic E-state index is 11.8. The van der Waals surface area contributed by atoms with Crippen LogP contribution in [0.3, 0.4) is 0 Å². The molecule has 0 unspecified atom stereocenters. The Kier molecular flexibility index (Phi) is 4.40. The summed E-state index contributed by atoms with van der Waals surface area (Å²) in [6.07, 6.45) is -0.000274. The van der Waals surface area contributed by atoms with Gasteiger partial charge in [-0.25, -0.2) is 8.42 Å². The van der Waals surface area contributed by atoms with Gasteiger partial charge in [0.1, 0.15) is 5.75 Å². The van der Waals surface area contributed by atoms with E-state index in [1.54, 1.807) is 32.0 Å². The molecule has 0 amide bonds. The summed E-state index contributed by atoms with van der Waals surface area (Å²) in [7, 11) is -3.34. The zero-order valence-electron chi connectivity index (χ0n) is 10.6. The van der Waals surface area contributed by atoms with Crippen LogP contribution in [0.4, 0.5) is 5.69 Å². The van der Waals surface area contributed by atoms with E-state index in [2.05, 4.69) is 4.72 Å². The van der Waals surface area contributed by atoms with Gasteiger partial charge < -0.3 is 4.74 Å². The highest BCUT2D eigenvalue weighted by Gasteiger charge is 2.17. The van der Waals surface area contributed by atoms with Crippen LogP contribution >= 0.6 is 0 Å². The van der Waals surface area contributed by atoms with Gasteiger partial charge in [-0.3, -0.25) is 4.72 Å². The minimum absolute atomic E-state index is 0.000274. The van der Waals surface area contributed by atoms with E-state index in [1.807, 2.05) is 19.9 Å². The number of hydrogen-bond acceptors (Lipinski definition) is 3. The molecular weight excluding hydrogens is 238 g/mol. The maximum absolute atomic E-state index is 11.8. The van der Waals surface area contributed by atoms with Gasteiger partial charge in [-0.1, -0.05) is 12.1 Å². The third kappa shape index (κ3) is 3.93. The van der Waals surface area contributed by atoms with Crippen molar-refractivity contribution in [2.75, 3.05) is 4.72 Å². The topological polar surface area (TPSA) is 55.4 Å². The van der Waals surface area contributed by atoms with Gasteiger partial charge in [-0.15, -0.1) is 0 Å². The molecule has 1 aromatic carbocycles. The van der Waals surface area contributed by atoms with Crippen LogP contribution in [0.15, 0.2) is 24.3 Å². The van der Waals surface area contributed by atoms with Gasteiger partial charge in [0.25, 0.3) is 0 Å². The van der Waals surface area contributed by atoms with E-state index in [0.29, 0.717) is 11.4 Å². The first-order valence-electron chi connectivity index (χ1n) is 5.60. The molecule has 0 aromatic heterocycles. The monoisotopic (exact) mass is 257 g/mol. The standard InChI is InChI=1S/C12H19NO3S/c1-9(2)16-12-8-6-5-7-11(12)13-17(14,15)10(3)4/h5-10,13H,1-4H3. The molecule has 1 aromatic rings. The van der Waals surface area contributed by atoms with Crippen molar-refractivity contribution in [2.45, 2.75) is 39.0 Å². The van der Waals surface area contributed by atoms with Crippen LogP contribution in [0.1, 0.15) is 27.7 Å². The smallest absolute Gasteiger partial charge is 0.235 e. The molecule has 0 fully saturated rings. The second-order valence-corrected chi connectivity index (χ2v) is 6.60. The van der Waals surface area contributed by atoms with E-state index in [1.165, 1.54) is 0 Å². The Morgan fingerprint density at radius 2 is 1.71 bits per heavy atom. The third-order valence-electron chi connectivity index (χ3n) is 2.12. The van der Waals surface area contributed by atoms with Crippen LogP contribution in [-0.4, -0.2) is 19.8 Å². The van der Waals surface area contributed by atoms with E-state index in [4.69, 9.17) is 4.74 Å². The third-order valence-corrected chi connectivity index (χ3v) is 3.87. The van der Waals surface area contributed by atoms with Crippen LogP contribution in [0, 0.1) is 0 Å². The molecule has 0 aliphatic rings. The molecule has 96 valence electrons. The molecule has 5 heteroatoms. The van der Waals surface area contributed by atoms with Crippen molar-refractivity contribution in [1.29, 1.82) is 0 Å². The van der Waals surface area contributed by atoms with Crippen LogP contribution in [0.5, 0.6) is 5.75 Å². The highest BCUT2D eigenvalue weighted by atomic mass is 32.2. The van der Waals surface area contributed by atoms with Crippen molar-refractivity contribution in [3.8, 4) is 5.75 Å². The minimum Gasteiger partial charge on any atom is -0.489 e. The van der Waals surface area contributed by atoms with Gasteiger partial charge in [0, 0.05) is 0 Å². The number of nitrogens with one attached hydrogen (secondary N) is 1. The number of rotatable bonds is 5. The highest BCUT2D eigenvalue weighted by Crippen LogP contribution is 2.26. The SMILES string of the molecule is CC(C)Oc1ccccc1NS(=O)(=O)C(C)C. The Balaban J connectivity index is 2.99. The predicted molar refractivity (Wildman–Crippen MR) is 69.9 cm³/mol. The van der Waals surface area contributed by atoms with Crippen LogP contribution in [0.2, 0.25) is 0 Å². The fourth-order valence-corrected chi connectivity index (χ4v) is 1.89. The van der Waals surface area contributed by atoms with Gasteiger partial charge in [0.15, 0.2) is 0 Å². The molecule has 0 radical (unpaired) electrons. The molecule has 4 nitrogen and oxygen atoms in total. The average Bonchev–Trinajstić information content (AvgIpc) is 2.19. The molecule has 0 heterocycles. The second-order valence-electron chi connectivity index (χ2n) is 4.36. The van der Waals surface area contributed by atoms with Crippen molar-refractivity contribution in [1.82, 2.24) is 0 Å². The molecule has 0 saturated carbocycles. The quantitative estimate of drug-likeness (QED) is 0.882. The van der Waals surface area contributed by atoms with E-state index >= 15 is 0 Å². The van der Waals surface area contributed by atoms with Crippen molar-refractivity contribution >= 4 is 15.7 Å². The van der Waals surface area contributed by atoms with Crippen molar-refractivity contribution in [3.05, 3.63) is 24.3 Å². The fourth-order valence-electron chi connectivity index (χ4n) is 1.18. The van der Waals surface area contributed by atoms with Crippen molar-refractivity contribution < 1.29 is 13.2 Å². The number of ether oxygens (including phenoxy) is 1. The Labute approximate surface area is 103 Å². The van der Waals surface area contributed by atoms with Crippen molar-refractivity contribution in [2.24, 2.45) is 0 Å². The Hall–Kier alpha value is -1.23. The summed E-state index contributed by atoms with van der Waals surface area (Å²) in [5.41, 5.74) is 0.481. The summed E-state index contributed by atoms with van der Waals surface area (Å²) in [6, 6.07) is 7.02. The number of hydrogen-bond donors (Lipinski definition) is 1. The second kappa shape index (κ2) is 5.40. The zero-order valence-corrected chi connectivity index (χ0v) is 11.4. The van der Waals surface area contributed by atoms with Gasteiger partial charge in [0.05, 0.1) is 17.0 Å². The summed E-state index contributed by atoms with van der Waals surface area (Å²) in [5, 5.41) is -0.477. The fraction of sp³-hybridized carbons (Fsp3) is 0.500. The largest absolute Gasteiger partial charge is 0.489 e. The Morgan fingerprint density at radius 3 is 2.24 bits per heavy atom. The highest BCUT2D eigenvalue weighted by molar-refractivity contribution is 7.93. The number of para-hydroxylation sites is 2. The Bertz CT molecular complexity index is 466. The van der Waals surface area contributed by atoms with Gasteiger partial charge in [-0.05, 0) is 39.8 Å². The van der Waals surface area contributed by atoms with E-state index in [-0.39, 0.29) is 6.10 Å². The normalized spacial score (nSPS) is 11.9. The first-order chi connectivity index (χ1) is 7.83. The first-order valence-corrected chi connectivity index (χ1v) is 7.15. The molecule has 1 N–H and O–H groups in total. The minimum atomic E-state index is -3.34. The predicted octanol–water partition coefficient (Wildman–Crippen LogP) is 2.62. The van der Waals surface area contributed by atoms with Crippen LogP contribution in [-0.2, 0) is 10.0 Å². The molecular formula is C12H19NO3S. The van der Waals surface area contributed by atoms with Crippen LogP contribution < -0.4 is 9.46 Å². The summed E-state index contributed by atoms with van der Waals surface area (Å²) in [5.74, 6) is 0.548. The molecule has 0 spiro atoms. The lowest BCUT2D eigenvalue weighted by molar-refractivity contribution is 0.244. The lowest BCUT2D eigenvalue weighted by atomic mass is 10.3. The molecule has 0 aliphatic heterocycles. The van der Waals surface area contributed by atoms with Gasteiger partial charge >= 0.3 is 0 Å². The van der Waals surface area contributed by atoms with Crippen molar-refractivity contribution in [3.63, 3.8) is 0 Å². The summed E-state index contributed by atoms with van der Waals surface area (Å²) in [6.45, 7) is 7.06. The van der Waals surface area contributed by atoms with Crippen LogP contribution in [0.25, 0.3) is 0 Å². The average molecular weight is 257 g/mol. The lowest BCUT2D eigenvalue weighted by Gasteiger charge is -2.16. The number of sulfonamides is 1. The number of benzene rings is 1. The van der Waals surface area contributed by atoms with E-state index in [9.17, 15) is 8.42 Å². The van der Waals surface area contributed by atoms with Gasteiger partial charge in [-0.2, -0.15) is 0 Å². The summed E-state index contributed by atoms with van der Waals surface area (Å²) >= 11 is 0. The molecule has 1 rings (SSSR count). The molecule has 0 atom stereocenters. The zero-order chi connectivity index (χ0) is 13.1.